The number of likely N-dealkylation sites (N-methyl/N-ethyl adjacent to an activating group) is 1. The van der Waals surface area contributed by atoms with Crippen LogP contribution in [-0.2, 0) is 4.79 Å². The van der Waals surface area contributed by atoms with E-state index in [1.807, 2.05) is 32.7 Å². The van der Waals surface area contributed by atoms with Gasteiger partial charge in [-0.15, -0.1) is 0 Å². The second kappa shape index (κ2) is 6.79. The number of amides is 1. The van der Waals surface area contributed by atoms with Gasteiger partial charge in [0.15, 0.2) is 0 Å². The summed E-state index contributed by atoms with van der Waals surface area (Å²) in [6.45, 7) is 7.35. The lowest BCUT2D eigenvalue weighted by atomic mass is 10.2. The minimum absolute atomic E-state index is 0.0787. The molecule has 2 unspecified atom stereocenters. The summed E-state index contributed by atoms with van der Waals surface area (Å²) < 4.78 is 0. The van der Waals surface area contributed by atoms with E-state index in [-0.39, 0.29) is 18.0 Å². The molecule has 1 amide bonds. The molecule has 0 heterocycles. The van der Waals surface area contributed by atoms with E-state index >= 15 is 0 Å². The molecule has 2 atom stereocenters. The summed E-state index contributed by atoms with van der Waals surface area (Å²) in [5.74, 6) is 0.0787. The van der Waals surface area contributed by atoms with Crippen molar-refractivity contribution in [1.82, 2.24) is 10.2 Å². The van der Waals surface area contributed by atoms with Crippen LogP contribution in [0.1, 0.15) is 27.2 Å². The maximum Gasteiger partial charge on any atom is 0.237 e. The molecule has 0 fully saturated rings. The number of hydrogen-bond acceptors (Lipinski definition) is 3. The molecule has 0 saturated heterocycles. The predicted molar refractivity (Wildman–Crippen MR) is 59.0 cm³/mol. The third kappa shape index (κ3) is 5.19. The molecule has 0 spiro atoms. The molecule has 0 aliphatic rings. The number of carbonyl (C=O) groups excluding carboxylic acids is 1. The summed E-state index contributed by atoms with van der Waals surface area (Å²) in [5.41, 5.74) is 5.66. The molecule has 3 N–H and O–H groups in total. The Kier molecular flexibility index (Phi) is 6.49. The highest BCUT2D eigenvalue weighted by molar-refractivity contribution is 5.81. The van der Waals surface area contributed by atoms with E-state index in [1.165, 1.54) is 0 Å². The molecule has 84 valence electrons. The van der Waals surface area contributed by atoms with Gasteiger partial charge in [0.2, 0.25) is 5.91 Å². The van der Waals surface area contributed by atoms with E-state index < -0.39 is 0 Å². The van der Waals surface area contributed by atoms with Gasteiger partial charge in [-0.1, -0.05) is 6.92 Å². The van der Waals surface area contributed by atoms with Crippen LogP contribution < -0.4 is 11.1 Å². The number of carbonyl (C=O) groups is 1. The van der Waals surface area contributed by atoms with Crippen molar-refractivity contribution >= 4 is 5.91 Å². The fourth-order valence-corrected chi connectivity index (χ4v) is 1.21. The van der Waals surface area contributed by atoms with E-state index in [9.17, 15) is 4.79 Å². The molecule has 0 aliphatic heterocycles. The Hall–Kier alpha value is -0.610. The van der Waals surface area contributed by atoms with Crippen LogP contribution in [0.3, 0.4) is 0 Å². The molecule has 0 aliphatic carbocycles. The minimum atomic E-state index is -0.104. The highest BCUT2D eigenvalue weighted by atomic mass is 16.2. The summed E-state index contributed by atoms with van der Waals surface area (Å²) in [6, 6.07) is -0.00558. The lowest BCUT2D eigenvalue weighted by molar-refractivity contribution is -0.125. The second-order valence-corrected chi connectivity index (χ2v) is 3.88. The van der Waals surface area contributed by atoms with Crippen molar-refractivity contribution in [2.45, 2.75) is 39.3 Å². The molecule has 0 radical (unpaired) electrons. The number of rotatable bonds is 6. The molecule has 0 rings (SSSR count). The quantitative estimate of drug-likeness (QED) is 0.644. The molecule has 0 aromatic rings. The smallest absolute Gasteiger partial charge is 0.237 e. The average molecular weight is 201 g/mol. The first-order valence-corrected chi connectivity index (χ1v) is 5.22. The SMILES string of the molecule is CCCNC(=O)C(C)N(C)CC(C)N. The molecule has 0 saturated carbocycles. The maximum atomic E-state index is 11.5. The summed E-state index contributed by atoms with van der Waals surface area (Å²) >= 11 is 0. The maximum absolute atomic E-state index is 11.5. The van der Waals surface area contributed by atoms with Gasteiger partial charge in [-0.3, -0.25) is 9.69 Å². The summed E-state index contributed by atoms with van der Waals surface area (Å²) in [6.07, 6.45) is 0.968. The van der Waals surface area contributed by atoms with Crippen molar-refractivity contribution < 1.29 is 4.79 Å². The van der Waals surface area contributed by atoms with Gasteiger partial charge in [-0.25, -0.2) is 0 Å². The Morgan fingerprint density at radius 2 is 2.07 bits per heavy atom. The van der Waals surface area contributed by atoms with Gasteiger partial charge in [0.1, 0.15) is 0 Å². The molecule has 4 heteroatoms. The molecular formula is C10H23N3O. The molecule has 0 aromatic carbocycles. The topological polar surface area (TPSA) is 58.4 Å². The van der Waals surface area contributed by atoms with E-state index in [1.54, 1.807) is 0 Å². The van der Waals surface area contributed by atoms with Crippen LogP contribution in [0.4, 0.5) is 0 Å². The molecule has 0 aromatic heterocycles. The van der Waals surface area contributed by atoms with Crippen molar-refractivity contribution in [3.63, 3.8) is 0 Å². The zero-order valence-electron chi connectivity index (χ0n) is 9.71. The first-order chi connectivity index (χ1) is 6.49. The number of hydrogen-bond donors (Lipinski definition) is 2. The Morgan fingerprint density at radius 3 is 2.50 bits per heavy atom. The van der Waals surface area contributed by atoms with E-state index in [0.29, 0.717) is 0 Å². The van der Waals surface area contributed by atoms with Crippen LogP contribution in [0.2, 0.25) is 0 Å². The van der Waals surface area contributed by atoms with Crippen LogP contribution in [0.15, 0.2) is 0 Å². The van der Waals surface area contributed by atoms with Crippen LogP contribution in [0.25, 0.3) is 0 Å². The van der Waals surface area contributed by atoms with Crippen molar-refractivity contribution in [2.24, 2.45) is 5.73 Å². The number of nitrogens with two attached hydrogens (primary N) is 1. The Morgan fingerprint density at radius 1 is 1.50 bits per heavy atom. The van der Waals surface area contributed by atoms with Crippen molar-refractivity contribution in [2.75, 3.05) is 20.1 Å². The first-order valence-electron chi connectivity index (χ1n) is 5.22. The van der Waals surface area contributed by atoms with Gasteiger partial charge in [-0.05, 0) is 27.3 Å². The standard InChI is InChI=1S/C10H23N3O/c1-5-6-12-10(14)9(3)13(4)7-8(2)11/h8-9H,5-7,11H2,1-4H3,(H,12,14). The van der Waals surface area contributed by atoms with Gasteiger partial charge in [0, 0.05) is 19.1 Å². The second-order valence-electron chi connectivity index (χ2n) is 3.88. The van der Waals surface area contributed by atoms with Crippen LogP contribution in [0, 0.1) is 0 Å². The highest BCUT2D eigenvalue weighted by Gasteiger charge is 2.17. The van der Waals surface area contributed by atoms with Gasteiger partial charge >= 0.3 is 0 Å². The van der Waals surface area contributed by atoms with Crippen molar-refractivity contribution in [3.8, 4) is 0 Å². The lowest BCUT2D eigenvalue weighted by Crippen LogP contribution is -2.46. The number of nitrogens with one attached hydrogen (secondary N) is 1. The normalized spacial score (nSPS) is 15.3. The summed E-state index contributed by atoms with van der Waals surface area (Å²) in [5, 5.41) is 2.86. The Bertz CT molecular complexity index is 171. The average Bonchev–Trinajstić information content (AvgIpc) is 2.11. The Balaban J connectivity index is 3.90. The largest absolute Gasteiger partial charge is 0.355 e. The van der Waals surface area contributed by atoms with E-state index in [4.69, 9.17) is 5.73 Å². The minimum Gasteiger partial charge on any atom is -0.355 e. The zero-order valence-corrected chi connectivity index (χ0v) is 9.71. The van der Waals surface area contributed by atoms with Gasteiger partial charge in [0.25, 0.3) is 0 Å². The number of nitrogens with zero attached hydrogens (tertiary/aromatic N) is 1. The predicted octanol–water partition coefficient (Wildman–Crippen LogP) is 0.180. The van der Waals surface area contributed by atoms with E-state index in [2.05, 4.69) is 5.32 Å². The van der Waals surface area contributed by atoms with Gasteiger partial charge < -0.3 is 11.1 Å². The van der Waals surface area contributed by atoms with Crippen LogP contribution in [0.5, 0.6) is 0 Å². The lowest BCUT2D eigenvalue weighted by Gasteiger charge is -2.25. The van der Waals surface area contributed by atoms with Crippen LogP contribution in [-0.4, -0.2) is 43.0 Å². The molecule has 4 nitrogen and oxygen atoms in total. The van der Waals surface area contributed by atoms with Crippen molar-refractivity contribution in [3.05, 3.63) is 0 Å². The van der Waals surface area contributed by atoms with Gasteiger partial charge in [-0.2, -0.15) is 0 Å². The van der Waals surface area contributed by atoms with Crippen molar-refractivity contribution in [1.29, 1.82) is 0 Å². The molecular weight excluding hydrogens is 178 g/mol. The molecule has 0 bridgehead atoms. The highest BCUT2D eigenvalue weighted by Crippen LogP contribution is 1.96. The van der Waals surface area contributed by atoms with Gasteiger partial charge in [0.05, 0.1) is 6.04 Å². The molecule has 14 heavy (non-hydrogen) atoms. The monoisotopic (exact) mass is 201 g/mol. The first kappa shape index (κ1) is 13.4. The summed E-state index contributed by atoms with van der Waals surface area (Å²) in [7, 11) is 1.92. The third-order valence-electron chi connectivity index (χ3n) is 2.17. The third-order valence-corrected chi connectivity index (χ3v) is 2.17. The fraction of sp³-hybridized carbons (Fsp3) is 0.900. The van der Waals surface area contributed by atoms with Crippen LogP contribution >= 0.6 is 0 Å². The fourth-order valence-electron chi connectivity index (χ4n) is 1.21. The summed E-state index contributed by atoms with van der Waals surface area (Å²) in [4.78, 5) is 13.5. The Labute approximate surface area is 86.8 Å². The van der Waals surface area contributed by atoms with E-state index in [0.717, 1.165) is 19.5 Å². The zero-order chi connectivity index (χ0) is 11.1.